The van der Waals surface area contributed by atoms with Gasteiger partial charge in [0.05, 0.1) is 12.3 Å². The summed E-state index contributed by atoms with van der Waals surface area (Å²) in [6, 6.07) is 3.76. The molecule has 0 saturated carbocycles. The van der Waals surface area contributed by atoms with Crippen LogP contribution in [-0.2, 0) is 0 Å². The van der Waals surface area contributed by atoms with E-state index in [-0.39, 0.29) is 0 Å². The Morgan fingerprint density at radius 3 is 3.17 bits per heavy atom. The number of hydrogen-bond donors (Lipinski definition) is 2. The molecule has 1 aromatic rings. The topological polar surface area (TPSA) is 60.2 Å². The maximum absolute atomic E-state index is 5.83. The first kappa shape index (κ1) is 13.3. The molecule has 1 unspecified atom stereocenters. The minimum atomic E-state index is 0.544. The van der Waals surface area contributed by atoms with Crippen molar-refractivity contribution < 1.29 is 4.74 Å². The molecule has 5 heteroatoms. The molecule has 18 heavy (non-hydrogen) atoms. The predicted octanol–water partition coefficient (Wildman–Crippen LogP) is 2.62. The van der Waals surface area contributed by atoms with Crippen molar-refractivity contribution in [3.8, 4) is 5.88 Å². The van der Waals surface area contributed by atoms with Gasteiger partial charge in [-0.05, 0) is 42.4 Å². The van der Waals surface area contributed by atoms with Crippen LogP contribution >= 0.6 is 11.8 Å². The summed E-state index contributed by atoms with van der Waals surface area (Å²) in [5.74, 6) is 4.69. The first-order valence-electron chi connectivity index (χ1n) is 6.50. The van der Waals surface area contributed by atoms with Gasteiger partial charge in [-0.3, -0.25) is 0 Å². The second-order valence-corrected chi connectivity index (χ2v) is 5.70. The zero-order valence-corrected chi connectivity index (χ0v) is 11.6. The Labute approximate surface area is 113 Å². The fourth-order valence-corrected chi connectivity index (χ4v) is 3.14. The smallest absolute Gasteiger partial charge is 0.239 e. The van der Waals surface area contributed by atoms with Crippen LogP contribution in [0.25, 0.3) is 0 Å². The van der Waals surface area contributed by atoms with Crippen LogP contribution in [-0.4, -0.2) is 29.6 Å². The number of hydrogen-bond acceptors (Lipinski definition) is 5. The van der Waals surface area contributed by atoms with Crippen molar-refractivity contribution in [1.82, 2.24) is 4.98 Å². The van der Waals surface area contributed by atoms with Crippen LogP contribution in [0.15, 0.2) is 12.1 Å². The van der Waals surface area contributed by atoms with Gasteiger partial charge in [0.25, 0.3) is 0 Å². The van der Waals surface area contributed by atoms with E-state index in [9.17, 15) is 0 Å². The van der Waals surface area contributed by atoms with Crippen molar-refractivity contribution in [1.29, 1.82) is 0 Å². The van der Waals surface area contributed by atoms with Gasteiger partial charge in [-0.15, -0.1) is 0 Å². The number of ether oxygens (including phenoxy) is 1. The highest BCUT2D eigenvalue weighted by molar-refractivity contribution is 7.99. The van der Waals surface area contributed by atoms with Gasteiger partial charge in [-0.25, -0.2) is 0 Å². The minimum Gasteiger partial charge on any atom is -0.476 e. The standard InChI is InChI=1S/C13H21N3OS/c1-2-6-17-13-11(14)3-4-12(16-13)15-8-10-5-7-18-9-10/h3-4,10H,2,5-9,14H2,1H3,(H,15,16). The van der Waals surface area contributed by atoms with E-state index in [4.69, 9.17) is 10.5 Å². The van der Waals surface area contributed by atoms with Gasteiger partial charge in [0.15, 0.2) is 0 Å². The monoisotopic (exact) mass is 267 g/mol. The van der Waals surface area contributed by atoms with E-state index in [1.54, 1.807) is 0 Å². The largest absolute Gasteiger partial charge is 0.476 e. The van der Waals surface area contributed by atoms with Crippen LogP contribution in [0.1, 0.15) is 19.8 Å². The van der Waals surface area contributed by atoms with Crippen LogP contribution in [0.3, 0.4) is 0 Å². The van der Waals surface area contributed by atoms with E-state index < -0.39 is 0 Å². The lowest BCUT2D eigenvalue weighted by molar-refractivity contribution is 0.307. The maximum atomic E-state index is 5.83. The number of pyridine rings is 1. The fraction of sp³-hybridized carbons (Fsp3) is 0.615. The molecule has 3 N–H and O–H groups in total. The second-order valence-electron chi connectivity index (χ2n) is 4.55. The lowest BCUT2D eigenvalue weighted by Crippen LogP contribution is -2.14. The molecule has 1 atom stereocenters. The molecule has 100 valence electrons. The van der Waals surface area contributed by atoms with Crippen molar-refractivity contribution in [2.75, 3.05) is 35.7 Å². The van der Waals surface area contributed by atoms with Gasteiger partial charge in [0.2, 0.25) is 5.88 Å². The lowest BCUT2D eigenvalue weighted by atomic mass is 10.1. The third kappa shape index (κ3) is 3.70. The summed E-state index contributed by atoms with van der Waals surface area (Å²) in [7, 11) is 0. The van der Waals surface area contributed by atoms with Crippen molar-refractivity contribution in [2.45, 2.75) is 19.8 Å². The number of nitrogens with two attached hydrogens (primary N) is 1. The summed E-state index contributed by atoms with van der Waals surface area (Å²) < 4.78 is 5.52. The Bertz CT molecular complexity index is 380. The molecule has 0 radical (unpaired) electrons. The number of anilines is 2. The van der Waals surface area contributed by atoms with Gasteiger partial charge in [-0.1, -0.05) is 6.92 Å². The van der Waals surface area contributed by atoms with Crippen LogP contribution < -0.4 is 15.8 Å². The van der Waals surface area contributed by atoms with Crippen molar-refractivity contribution >= 4 is 23.3 Å². The van der Waals surface area contributed by atoms with Crippen molar-refractivity contribution in [3.05, 3.63) is 12.1 Å². The van der Waals surface area contributed by atoms with E-state index in [1.165, 1.54) is 17.9 Å². The zero-order chi connectivity index (χ0) is 12.8. The Morgan fingerprint density at radius 2 is 2.44 bits per heavy atom. The molecule has 2 rings (SSSR count). The van der Waals surface area contributed by atoms with Gasteiger partial charge in [0, 0.05) is 6.54 Å². The van der Waals surface area contributed by atoms with Crippen LogP contribution in [0.5, 0.6) is 5.88 Å². The molecule has 1 saturated heterocycles. The van der Waals surface area contributed by atoms with E-state index in [0.29, 0.717) is 18.2 Å². The Kier molecular flexibility index (Phi) is 4.99. The summed E-state index contributed by atoms with van der Waals surface area (Å²) in [5, 5.41) is 3.37. The molecule has 0 bridgehead atoms. The third-order valence-electron chi connectivity index (χ3n) is 2.93. The average molecular weight is 267 g/mol. The number of thioether (sulfide) groups is 1. The van der Waals surface area contributed by atoms with E-state index in [0.717, 1.165) is 24.7 Å². The van der Waals surface area contributed by atoms with Crippen LogP contribution in [0.2, 0.25) is 0 Å². The summed E-state index contributed by atoms with van der Waals surface area (Å²) in [6.07, 6.45) is 2.25. The molecular weight excluding hydrogens is 246 g/mol. The van der Waals surface area contributed by atoms with E-state index in [2.05, 4.69) is 17.2 Å². The molecule has 0 spiro atoms. The van der Waals surface area contributed by atoms with Crippen molar-refractivity contribution in [3.63, 3.8) is 0 Å². The van der Waals surface area contributed by atoms with Crippen LogP contribution in [0.4, 0.5) is 11.5 Å². The van der Waals surface area contributed by atoms with E-state index in [1.807, 2.05) is 23.9 Å². The number of nitrogen functional groups attached to an aromatic ring is 1. The average Bonchev–Trinajstić information content (AvgIpc) is 2.89. The highest BCUT2D eigenvalue weighted by Crippen LogP contribution is 2.25. The number of rotatable bonds is 6. The van der Waals surface area contributed by atoms with Gasteiger partial charge >= 0.3 is 0 Å². The first-order chi connectivity index (χ1) is 8.79. The molecule has 0 aliphatic carbocycles. The summed E-state index contributed by atoms with van der Waals surface area (Å²) in [5.41, 5.74) is 6.43. The number of aromatic nitrogens is 1. The summed E-state index contributed by atoms with van der Waals surface area (Å²) in [4.78, 5) is 4.41. The van der Waals surface area contributed by atoms with Gasteiger partial charge in [0.1, 0.15) is 5.82 Å². The maximum Gasteiger partial charge on any atom is 0.239 e. The number of nitrogens with zero attached hydrogens (tertiary/aromatic N) is 1. The second kappa shape index (κ2) is 6.73. The molecule has 0 aromatic carbocycles. The first-order valence-corrected chi connectivity index (χ1v) is 7.66. The molecule has 1 aliphatic rings. The van der Waals surface area contributed by atoms with E-state index >= 15 is 0 Å². The minimum absolute atomic E-state index is 0.544. The Hall–Kier alpha value is -1.10. The van der Waals surface area contributed by atoms with Crippen LogP contribution in [0, 0.1) is 5.92 Å². The fourth-order valence-electron chi connectivity index (χ4n) is 1.86. The molecule has 1 aliphatic heterocycles. The molecule has 4 nitrogen and oxygen atoms in total. The third-order valence-corrected chi connectivity index (χ3v) is 4.16. The highest BCUT2D eigenvalue weighted by Gasteiger charge is 2.15. The summed E-state index contributed by atoms with van der Waals surface area (Å²) >= 11 is 2.03. The predicted molar refractivity (Wildman–Crippen MR) is 78.4 cm³/mol. The molecule has 0 amide bonds. The molecule has 2 heterocycles. The lowest BCUT2D eigenvalue weighted by Gasteiger charge is -2.12. The quantitative estimate of drug-likeness (QED) is 0.829. The number of nitrogens with one attached hydrogen (secondary N) is 1. The molecule has 1 fully saturated rings. The highest BCUT2D eigenvalue weighted by atomic mass is 32.2. The Morgan fingerprint density at radius 1 is 1.56 bits per heavy atom. The normalized spacial score (nSPS) is 18.8. The molecule has 1 aromatic heterocycles. The molecular formula is C13H21N3OS. The SMILES string of the molecule is CCCOc1nc(NCC2CCSC2)ccc1N. The summed E-state index contributed by atoms with van der Waals surface area (Å²) in [6.45, 7) is 3.70. The Balaban J connectivity index is 1.91. The zero-order valence-electron chi connectivity index (χ0n) is 10.8. The van der Waals surface area contributed by atoms with Gasteiger partial charge in [-0.2, -0.15) is 16.7 Å². The van der Waals surface area contributed by atoms with Crippen molar-refractivity contribution in [2.24, 2.45) is 5.92 Å². The van der Waals surface area contributed by atoms with Gasteiger partial charge < -0.3 is 15.8 Å².